The van der Waals surface area contributed by atoms with Crippen LogP contribution in [-0.4, -0.2) is 41.8 Å². The summed E-state index contributed by atoms with van der Waals surface area (Å²) in [4.78, 5) is 11.6. The van der Waals surface area contributed by atoms with Gasteiger partial charge in [-0.3, -0.25) is 0 Å². The van der Waals surface area contributed by atoms with E-state index in [0.717, 1.165) is 18.9 Å². The van der Waals surface area contributed by atoms with Crippen LogP contribution in [0.15, 0.2) is 0 Å². The Kier molecular flexibility index (Phi) is 6.73. The zero-order valence-corrected chi connectivity index (χ0v) is 11.6. The molecule has 2 unspecified atom stereocenters. The van der Waals surface area contributed by atoms with Crippen LogP contribution in [0.5, 0.6) is 0 Å². The lowest BCUT2D eigenvalue weighted by Crippen LogP contribution is -2.46. The van der Waals surface area contributed by atoms with Gasteiger partial charge in [0.2, 0.25) is 0 Å². The van der Waals surface area contributed by atoms with Crippen molar-refractivity contribution in [3.8, 4) is 0 Å². The standard InChI is InChI=1S/C12H24N2O2S/c1-9(11(8-15)17-2)14-12(16)13-7-6-10-4-3-5-10/h9-11,15H,3-8H2,1-2H3,(H2,13,14,16). The van der Waals surface area contributed by atoms with Gasteiger partial charge in [-0.05, 0) is 25.5 Å². The molecule has 0 heterocycles. The number of thioether (sulfide) groups is 1. The number of aliphatic hydroxyl groups excluding tert-OH is 1. The zero-order chi connectivity index (χ0) is 12.7. The van der Waals surface area contributed by atoms with Gasteiger partial charge in [-0.1, -0.05) is 19.3 Å². The van der Waals surface area contributed by atoms with Crippen LogP contribution in [-0.2, 0) is 0 Å². The molecule has 0 aromatic rings. The minimum atomic E-state index is -0.121. The summed E-state index contributed by atoms with van der Waals surface area (Å²) in [6, 6.07) is -0.136. The van der Waals surface area contributed by atoms with E-state index in [-0.39, 0.29) is 23.9 Å². The molecule has 1 fully saturated rings. The van der Waals surface area contributed by atoms with Crippen molar-refractivity contribution in [2.24, 2.45) is 5.92 Å². The first-order valence-corrected chi connectivity index (χ1v) is 7.64. The van der Waals surface area contributed by atoms with Crippen molar-refractivity contribution < 1.29 is 9.90 Å². The van der Waals surface area contributed by atoms with Crippen LogP contribution < -0.4 is 10.6 Å². The van der Waals surface area contributed by atoms with Crippen molar-refractivity contribution in [1.82, 2.24) is 10.6 Å². The van der Waals surface area contributed by atoms with Crippen LogP contribution in [0.2, 0.25) is 0 Å². The second-order valence-electron chi connectivity index (χ2n) is 4.73. The maximum absolute atomic E-state index is 11.6. The Morgan fingerprint density at radius 1 is 1.53 bits per heavy atom. The number of hydrogen-bond donors (Lipinski definition) is 3. The van der Waals surface area contributed by atoms with Gasteiger partial charge in [0.15, 0.2) is 0 Å². The summed E-state index contributed by atoms with van der Waals surface area (Å²) < 4.78 is 0. The van der Waals surface area contributed by atoms with Crippen LogP contribution in [0.4, 0.5) is 4.79 Å². The zero-order valence-electron chi connectivity index (χ0n) is 10.7. The maximum atomic E-state index is 11.6. The Morgan fingerprint density at radius 3 is 2.71 bits per heavy atom. The van der Waals surface area contributed by atoms with Gasteiger partial charge in [-0.2, -0.15) is 11.8 Å². The molecule has 17 heavy (non-hydrogen) atoms. The minimum absolute atomic E-state index is 0.0151. The predicted octanol–water partition coefficient (Wildman–Crippen LogP) is 1.59. The third-order valence-corrected chi connectivity index (χ3v) is 4.62. The largest absolute Gasteiger partial charge is 0.395 e. The van der Waals surface area contributed by atoms with E-state index in [9.17, 15) is 4.79 Å². The Balaban J connectivity index is 2.10. The Labute approximate surface area is 108 Å². The van der Waals surface area contributed by atoms with Gasteiger partial charge in [0, 0.05) is 17.8 Å². The highest BCUT2D eigenvalue weighted by molar-refractivity contribution is 7.99. The summed E-state index contributed by atoms with van der Waals surface area (Å²) in [6.07, 6.45) is 7.01. The number of carbonyl (C=O) groups is 1. The van der Waals surface area contributed by atoms with Gasteiger partial charge < -0.3 is 15.7 Å². The van der Waals surface area contributed by atoms with Crippen molar-refractivity contribution in [2.75, 3.05) is 19.4 Å². The molecule has 0 aromatic heterocycles. The van der Waals surface area contributed by atoms with E-state index in [1.54, 1.807) is 11.8 Å². The number of nitrogens with one attached hydrogen (secondary N) is 2. The van der Waals surface area contributed by atoms with Gasteiger partial charge in [0.1, 0.15) is 0 Å². The van der Waals surface area contributed by atoms with E-state index in [1.165, 1.54) is 19.3 Å². The number of carbonyl (C=O) groups excluding carboxylic acids is 1. The molecule has 0 spiro atoms. The van der Waals surface area contributed by atoms with Gasteiger partial charge in [-0.15, -0.1) is 0 Å². The molecule has 1 aliphatic carbocycles. The van der Waals surface area contributed by atoms with Crippen molar-refractivity contribution in [2.45, 2.75) is 43.9 Å². The summed E-state index contributed by atoms with van der Waals surface area (Å²) in [5.74, 6) is 0.823. The first kappa shape index (κ1) is 14.6. The molecule has 0 radical (unpaired) electrons. The molecule has 0 aromatic carbocycles. The highest BCUT2D eigenvalue weighted by atomic mass is 32.2. The molecule has 0 aliphatic heterocycles. The van der Waals surface area contributed by atoms with Crippen LogP contribution in [0.3, 0.4) is 0 Å². The number of amides is 2. The highest BCUT2D eigenvalue weighted by Crippen LogP contribution is 2.28. The molecule has 1 aliphatic rings. The molecule has 2 amide bonds. The van der Waals surface area contributed by atoms with Crippen molar-refractivity contribution in [3.63, 3.8) is 0 Å². The van der Waals surface area contributed by atoms with Gasteiger partial charge in [-0.25, -0.2) is 4.79 Å². The van der Waals surface area contributed by atoms with Crippen molar-refractivity contribution in [1.29, 1.82) is 0 Å². The number of urea groups is 1. The number of hydrogen-bond acceptors (Lipinski definition) is 3. The highest BCUT2D eigenvalue weighted by Gasteiger charge is 2.19. The summed E-state index contributed by atoms with van der Waals surface area (Å²) >= 11 is 1.57. The summed E-state index contributed by atoms with van der Waals surface area (Å²) in [5.41, 5.74) is 0. The van der Waals surface area contributed by atoms with Crippen LogP contribution in [0.25, 0.3) is 0 Å². The van der Waals surface area contributed by atoms with E-state index >= 15 is 0 Å². The fourth-order valence-corrected chi connectivity index (χ4v) is 2.58. The molecular formula is C12H24N2O2S. The first-order chi connectivity index (χ1) is 8.17. The molecular weight excluding hydrogens is 236 g/mol. The maximum Gasteiger partial charge on any atom is 0.315 e. The predicted molar refractivity (Wildman–Crippen MR) is 72.3 cm³/mol. The van der Waals surface area contributed by atoms with Gasteiger partial charge in [0.05, 0.1) is 6.61 Å². The second-order valence-corrected chi connectivity index (χ2v) is 5.81. The molecule has 0 saturated heterocycles. The van der Waals surface area contributed by atoms with Crippen molar-refractivity contribution >= 4 is 17.8 Å². The normalized spacial score (nSPS) is 19.2. The summed E-state index contributed by atoms with van der Waals surface area (Å²) in [5, 5.41) is 14.9. The van der Waals surface area contributed by atoms with E-state index in [0.29, 0.717) is 0 Å². The summed E-state index contributed by atoms with van der Waals surface area (Å²) in [6.45, 7) is 2.76. The smallest absolute Gasteiger partial charge is 0.315 e. The van der Waals surface area contributed by atoms with Crippen LogP contribution in [0.1, 0.15) is 32.6 Å². The lowest BCUT2D eigenvalue weighted by molar-refractivity contribution is 0.229. The number of aliphatic hydroxyl groups is 1. The Bertz CT molecular complexity index is 231. The SMILES string of the molecule is CSC(CO)C(C)NC(=O)NCCC1CCC1. The molecule has 5 heteroatoms. The molecule has 2 atom stereocenters. The van der Waals surface area contributed by atoms with E-state index < -0.39 is 0 Å². The monoisotopic (exact) mass is 260 g/mol. The third kappa shape index (κ3) is 5.17. The third-order valence-electron chi connectivity index (χ3n) is 3.46. The minimum Gasteiger partial charge on any atom is -0.395 e. The second kappa shape index (κ2) is 7.82. The molecule has 1 saturated carbocycles. The Hall–Kier alpha value is -0.420. The Morgan fingerprint density at radius 2 is 2.24 bits per heavy atom. The molecule has 100 valence electrons. The van der Waals surface area contributed by atoms with Gasteiger partial charge in [0.25, 0.3) is 0 Å². The lowest BCUT2D eigenvalue weighted by atomic mass is 9.83. The van der Waals surface area contributed by atoms with E-state index in [2.05, 4.69) is 10.6 Å². The van der Waals surface area contributed by atoms with E-state index in [1.807, 2.05) is 13.2 Å². The van der Waals surface area contributed by atoms with Gasteiger partial charge >= 0.3 is 6.03 Å². The summed E-state index contributed by atoms with van der Waals surface area (Å²) in [7, 11) is 0. The lowest BCUT2D eigenvalue weighted by Gasteiger charge is -2.25. The average molecular weight is 260 g/mol. The van der Waals surface area contributed by atoms with Crippen LogP contribution in [0, 0.1) is 5.92 Å². The fourth-order valence-electron chi connectivity index (χ4n) is 1.96. The quantitative estimate of drug-likeness (QED) is 0.651. The first-order valence-electron chi connectivity index (χ1n) is 6.35. The molecule has 3 N–H and O–H groups in total. The molecule has 0 bridgehead atoms. The van der Waals surface area contributed by atoms with Crippen molar-refractivity contribution in [3.05, 3.63) is 0 Å². The fraction of sp³-hybridized carbons (Fsp3) is 0.917. The molecule has 1 rings (SSSR count). The molecule has 4 nitrogen and oxygen atoms in total. The topological polar surface area (TPSA) is 61.4 Å². The number of rotatable bonds is 7. The van der Waals surface area contributed by atoms with Crippen LogP contribution >= 0.6 is 11.8 Å². The average Bonchev–Trinajstić information content (AvgIpc) is 2.23. The van der Waals surface area contributed by atoms with E-state index in [4.69, 9.17) is 5.11 Å².